The highest BCUT2D eigenvalue weighted by Gasteiger charge is 1.97. The van der Waals surface area contributed by atoms with Crippen molar-refractivity contribution < 1.29 is 0 Å². The number of hydrogen-bond donors (Lipinski definition) is 0. The summed E-state index contributed by atoms with van der Waals surface area (Å²) in [4.78, 5) is 4.09. The van der Waals surface area contributed by atoms with Crippen LogP contribution in [0.4, 0.5) is 0 Å². The summed E-state index contributed by atoms with van der Waals surface area (Å²) in [7, 11) is 0. The minimum absolute atomic E-state index is 1.14. The highest BCUT2D eigenvalue weighted by molar-refractivity contribution is 5.64. The molecular formula is C11H15N. The molecule has 0 atom stereocenters. The van der Waals surface area contributed by atoms with Gasteiger partial charge in [0.05, 0.1) is 0 Å². The third-order valence-corrected chi connectivity index (χ3v) is 1.90. The van der Waals surface area contributed by atoms with Crippen LogP contribution in [-0.4, -0.2) is 4.98 Å². The number of hydrogen-bond acceptors (Lipinski definition) is 1. The van der Waals surface area contributed by atoms with Gasteiger partial charge in [0.25, 0.3) is 0 Å². The van der Waals surface area contributed by atoms with Crippen molar-refractivity contribution in [1.82, 2.24) is 4.98 Å². The van der Waals surface area contributed by atoms with Crippen molar-refractivity contribution in [1.29, 1.82) is 0 Å². The maximum atomic E-state index is 4.09. The lowest BCUT2D eigenvalue weighted by molar-refractivity contribution is 0.970. The van der Waals surface area contributed by atoms with Crippen molar-refractivity contribution in [2.75, 3.05) is 0 Å². The molecule has 1 aromatic rings. The van der Waals surface area contributed by atoms with E-state index in [-0.39, 0.29) is 0 Å². The van der Waals surface area contributed by atoms with Crippen molar-refractivity contribution in [2.45, 2.75) is 26.7 Å². The van der Waals surface area contributed by atoms with Crippen LogP contribution in [0.5, 0.6) is 0 Å². The summed E-state index contributed by atoms with van der Waals surface area (Å²) >= 11 is 0. The molecule has 0 saturated heterocycles. The van der Waals surface area contributed by atoms with Crippen LogP contribution in [0, 0.1) is 0 Å². The second-order valence-electron chi connectivity index (χ2n) is 2.81. The van der Waals surface area contributed by atoms with Gasteiger partial charge in [0.15, 0.2) is 0 Å². The average Bonchev–Trinajstić information content (AvgIpc) is 2.15. The SMILES string of the molecule is CC=C(CCC)c1cccnc1. The average molecular weight is 161 g/mol. The van der Waals surface area contributed by atoms with Crippen LogP contribution in [0.25, 0.3) is 5.57 Å². The molecule has 1 aromatic heterocycles. The van der Waals surface area contributed by atoms with Gasteiger partial charge in [-0.05, 0) is 30.5 Å². The monoisotopic (exact) mass is 161 g/mol. The summed E-state index contributed by atoms with van der Waals surface area (Å²) in [6.45, 7) is 4.28. The van der Waals surface area contributed by atoms with E-state index < -0.39 is 0 Å². The van der Waals surface area contributed by atoms with Gasteiger partial charge in [-0.1, -0.05) is 25.5 Å². The maximum absolute atomic E-state index is 4.09. The molecule has 1 heteroatoms. The van der Waals surface area contributed by atoms with E-state index in [0.717, 1.165) is 6.42 Å². The normalized spacial score (nSPS) is 11.7. The summed E-state index contributed by atoms with van der Waals surface area (Å²) in [5, 5.41) is 0. The number of nitrogens with zero attached hydrogens (tertiary/aromatic N) is 1. The van der Waals surface area contributed by atoms with Crippen LogP contribution < -0.4 is 0 Å². The molecule has 64 valence electrons. The first-order valence-electron chi connectivity index (χ1n) is 4.44. The molecule has 0 aliphatic carbocycles. The van der Waals surface area contributed by atoms with Gasteiger partial charge in [0.1, 0.15) is 0 Å². The summed E-state index contributed by atoms with van der Waals surface area (Å²) in [6, 6.07) is 4.09. The first kappa shape index (κ1) is 8.98. The first-order valence-corrected chi connectivity index (χ1v) is 4.44. The zero-order chi connectivity index (χ0) is 8.81. The Morgan fingerprint density at radius 2 is 2.42 bits per heavy atom. The van der Waals surface area contributed by atoms with E-state index in [1.165, 1.54) is 17.6 Å². The van der Waals surface area contributed by atoms with Crippen LogP contribution in [0.3, 0.4) is 0 Å². The molecule has 0 bridgehead atoms. The van der Waals surface area contributed by atoms with Gasteiger partial charge < -0.3 is 0 Å². The highest BCUT2D eigenvalue weighted by atomic mass is 14.6. The second-order valence-corrected chi connectivity index (χ2v) is 2.81. The number of allylic oxidation sites excluding steroid dienone is 2. The van der Waals surface area contributed by atoms with Gasteiger partial charge in [-0.25, -0.2) is 0 Å². The molecule has 0 unspecified atom stereocenters. The molecule has 0 saturated carbocycles. The lowest BCUT2D eigenvalue weighted by atomic mass is 10.0. The summed E-state index contributed by atoms with van der Waals surface area (Å²) < 4.78 is 0. The minimum atomic E-state index is 1.14. The lowest BCUT2D eigenvalue weighted by Crippen LogP contribution is -1.84. The molecule has 0 amide bonds. The predicted octanol–water partition coefficient (Wildman–Crippen LogP) is 3.29. The molecule has 1 rings (SSSR count). The fraction of sp³-hybridized carbons (Fsp3) is 0.364. The minimum Gasteiger partial charge on any atom is -0.264 e. The summed E-state index contributed by atoms with van der Waals surface area (Å²) in [6.07, 6.45) is 8.23. The fourth-order valence-electron chi connectivity index (χ4n) is 1.28. The van der Waals surface area contributed by atoms with E-state index >= 15 is 0 Å². The van der Waals surface area contributed by atoms with Crippen molar-refractivity contribution in [2.24, 2.45) is 0 Å². The third kappa shape index (κ3) is 2.19. The highest BCUT2D eigenvalue weighted by Crippen LogP contribution is 2.17. The van der Waals surface area contributed by atoms with Gasteiger partial charge in [0.2, 0.25) is 0 Å². The molecule has 0 aliphatic heterocycles. The third-order valence-electron chi connectivity index (χ3n) is 1.90. The van der Waals surface area contributed by atoms with Crippen molar-refractivity contribution in [3.63, 3.8) is 0 Å². The quantitative estimate of drug-likeness (QED) is 0.663. The van der Waals surface area contributed by atoms with Crippen molar-refractivity contribution in [3.05, 3.63) is 36.2 Å². The second kappa shape index (κ2) is 4.70. The molecule has 0 aliphatic rings. The largest absolute Gasteiger partial charge is 0.264 e. The lowest BCUT2D eigenvalue weighted by Gasteiger charge is -2.03. The zero-order valence-corrected chi connectivity index (χ0v) is 7.75. The van der Waals surface area contributed by atoms with Crippen LogP contribution in [0.2, 0.25) is 0 Å². The Labute approximate surface area is 74.2 Å². The van der Waals surface area contributed by atoms with Crippen LogP contribution >= 0.6 is 0 Å². The maximum Gasteiger partial charge on any atom is 0.0342 e. The van der Waals surface area contributed by atoms with E-state index in [4.69, 9.17) is 0 Å². The summed E-state index contributed by atoms with van der Waals surface area (Å²) in [5.74, 6) is 0. The molecule has 0 aromatic carbocycles. The Morgan fingerprint density at radius 1 is 1.58 bits per heavy atom. The van der Waals surface area contributed by atoms with E-state index in [0.29, 0.717) is 0 Å². The topological polar surface area (TPSA) is 12.9 Å². The zero-order valence-electron chi connectivity index (χ0n) is 7.75. The molecule has 12 heavy (non-hydrogen) atoms. The molecule has 0 spiro atoms. The number of pyridine rings is 1. The molecule has 0 N–H and O–H groups in total. The van der Waals surface area contributed by atoms with Gasteiger partial charge in [-0.2, -0.15) is 0 Å². The van der Waals surface area contributed by atoms with E-state index in [1.807, 2.05) is 18.5 Å². The molecule has 1 heterocycles. The smallest absolute Gasteiger partial charge is 0.0342 e. The Morgan fingerprint density at radius 3 is 2.92 bits per heavy atom. The van der Waals surface area contributed by atoms with E-state index in [2.05, 4.69) is 31.0 Å². The summed E-state index contributed by atoms with van der Waals surface area (Å²) in [5.41, 5.74) is 2.65. The van der Waals surface area contributed by atoms with Gasteiger partial charge in [-0.3, -0.25) is 4.98 Å². The van der Waals surface area contributed by atoms with E-state index in [9.17, 15) is 0 Å². The Bertz CT molecular complexity index is 249. The fourth-order valence-corrected chi connectivity index (χ4v) is 1.28. The van der Waals surface area contributed by atoms with Gasteiger partial charge in [0, 0.05) is 12.4 Å². The Kier molecular flexibility index (Phi) is 3.52. The first-order chi connectivity index (χ1) is 5.88. The molecular weight excluding hydrogens is 146 g/mol. The van der Waals surface area contributed by atoms with Crippen LogP contribution in [0.15, 0.2) is 30.6 Å². The predicted molar refractivity (Wildman–Crippen MR) is 52.8 cm³/mol. The molecule has 0 fully saturated rings. The van der Waals surface area contributed by atoms with E-state index in [1.54, 1.807) is 0 Å². The van der Waals surface area contributed by atoms with Crippen molar-refractivity contribution >= 4 is 5.57 Å². The van der Waals surface area contributed by atoms with Crippen LogP contribution in [0.1, 0.15) is 32.3 Å². The van der Waals surface area contributed by atoms with Crippen LogP contribution in [-0.2, 0) is 0 Å². The van der Waals surface area contributed by atoms with Crippen molar-refractivity contribution in [3.8, 4) is 0 Å². The van der Waals surface area contributed by atoms with Gasteiger partial charge >= 0.3 is 0 Å². The Balaban J connectivity index is 2.82. The standard InChI is InChI=1S/C11H15N/c1-3-6-10(4-2)11-7-5-8-12-9-11/h4-5,7-9H,3,6H2,1-2H3. The molecule has 1 nitrogen and oxygen atoms in total. The van der Waals surface area contributed by atoms with Gasteiger partial charge in [-0.15, -0.1) is 0 Å². The number of rotatable bonds is 3. The Hall–Kier alpha value is -1.11. The molecule has 0 radical (unpaired) electrons. The number of aromatic nitrogens is 1.